The first-order valence-electron chi connectivity index (χ1n) is 8.01. The molecular formula is C18H29BrN4. The largest absolute Gasteiger partial charge is 0.359 e. The zero-order valence-electron chi connectivity index (χ0n) is 14.6. The monoisotopic (exact) mass is 380 g/mol. The highest BCUT2D eigenvalue weighted by molar-refractivity contribution is 9.12. The Balaban J connectivity index is 4.79. The van der Waals surface area contributed by atoms with Crippen molar-refractivity contribution in [3.05, 3.63) is 23.0 Å². The van der Waals surface area contributed by atoms with Crippen LogP contribution >= 0.6 is 15.9 Å². The van der Waals surface area contributed by atoms with Gasteiger partial charge >= 0.3 is 0 Å². The van der Waals surface area contributed by atoms with Crippen molar-refractivity contribution < 1.29 is 0 Å². The zero-order chi connectivity index (χ0) is 17.5. The fourth-order valence-electron chi connectivity index (χ4n) is 1.93. The summed E-state index contributed by atoms with van der Waals surface area (Å²) in [6, 6.07) is 0. The van der Waals surface area contributed by atoms with Crippen molar-refractivity contribution in [2.24, 2.45) is 10.1 Å². The topological polar surface area (TPSA) is 40.0 Å². The Morgan fingerprint density at radius 3 is 2.61 bits per heavy atom. The minimum absolute atomic E-state index is 0.439. The fraction of sp³-hybridized carbons (Fsp3) is 0.556. The SMILES string of the molecule is C#CCN/C(=C/C(CCCCCCC)=N\C)N(C)/N=C\C(=C)Br. The third-order valence-corrected chi connectivity index (χ3v) is 3.42. The molecule has 0 bridgehead atoms. The van der Waals surface area contributed by atoms with Gasteiger partial charge in [-0.2, -0.15) is 5.10 Å². The average Bonchev–Trinajstić information content (AvgIpc) is 2.54. The first-order valence-corrected chi connectivity index (χ1v) is 8.81. The zero-order valence-corrected chi connectivity index (χ0v) is 16.2. The summed E-state index contributed by atoms with van der Waals surface area (Å²) in [7, 11) is 3.68. The molecule has 0 saturated heterocycles. The average molecular weight is 381 g/mol. The molecule has 0 unspecified atom stereocenters. The second-order valence-electron chi connectivity index (χ2n) is 5.18. The minimum Gasteiger partial charge on any atom is -0.359 e. The number of nitrogens with zero attached hydrogens (tertiary/aromatic N) is 3. The van der Waals surface area contributed by atoms with E-state index in [-0.39, 0.29) is 0 Å². The van der Waals surface area contributed by atoms with Gasteiger partial charge in [-0.3, -0.25) is 10.0 Å². The molecule has 0 saturated carbocycles. The fourth-order valence-corrected chi connectivity index (χ4v) is 2.02. The van der Waals surface area contributed by atoms with Gasteiger partial charge in [0.2, 0.25) is 0 Å². The van der Waals surface area contributed by atoms with Crippen LogP contribution in [0.25, 0.3) is 0 Å². The van der Waals surface area contributed by atoms with Crippen LogP contribution < -0.4 is 5.32 Å². The molecule has 0 radical (unpaired) electrons. The Morgan fingerprint density at radius 2 is 2.04 bits per heavy atom. The summed E-state index contributed by atoms with van der Waals surface area (Å²) in [5.74, 6) is 3.40. The molecule has 23 heavy (non-hydrogen) atoms. The summed E-state index contributed by atoms with van der Waals surface area (Å²) >= 11 is 3.26. The van der Waals surface area contributed by atoms with E-state index in [0.717, 1.165) is 24.4 Å². The maximum Gasteiger partial charge on any atom is 0.124 e. The summed E-state index contributed by atoms with van der Waals surface area (Å²) in [5, 5.41) is 9.20. The Morgan fingerprint density at radius 1 is 1.35 bits per heavy atom. The normalized spacial score (nSPS) is 12.3. The summed E-state index contributed by atoms with van der Waals surface area (Å²) in [4.78, 5) is 4.37. The van der Waals surface area contributed by atoms with Gasteiger partial charge in [0.05, 0.1) is 12.8 Å². The number of terminal acetylenes is 1. The highest BCUT2D eigenvalue weighted by Gasteiger charge is 2.05. The summed E-state index contributed by atoms with van der Waals surface area (Å²) < 4.78 is 0.709. The lowest BCUT2D eigenvalue weighted by atomic mass is 10.1. The molecule has 0 fully saturated rings. The van der Waals surface area contributed by atoms with E-state index in [1.807, 2.05) is 20.2 Å². The van der Waals surface area contributed by atoms with Crippen LogP contribution in [0.15, 0.2) is 33.1 Å². The van der Waals surface area contributed by atoms with Gasteiger partial charge in [0.15, 0.2) is 0 Å². The predicted molar refractivity (Wildman–Crippen MR) is 106 cm³/mol. The molecule has 0 aliphatic rings. The van der Waals surface area contributed by atoms with Crippen molar-refractivity contribution in [3.8, 4) is 12.3 Å². The van der Waals surface area contributed by atoms with Crippen molar-refractivity contribution in [1.29, 1.82) is 0 Å². The van der Waals surface area contributed by atoms with Crippen LogP contribution in [0.5, 0.6) is 0 Å². The van der Waals surface area contributed by atoms with E-state index >= 15 is 0 Å². The van der Waals surface area contributed by atoms with E-state index in [2.05, 4.69) is 50.8 Å². The molecule has 0 aromatic rings. The van der Waals surface area contributed by atoms with Gasteiger partial charge in [0.1, 0.15) is 5.82 Å². The molecule has 1 N–H and O–H groups in total. The first-order chi connectivity index (χ1) is 11.0. The molecule has 128 valence electrons. The predicted octanol–water partition coefficient (Wildman–Crippen LogP) is 4.31. The lowest BCUT2D eigenvalue weighted by Crippen LogP contribution is -2.26. The quantitative estimate of drug-likeness (QED) is 0.237. The Labute approximate surface area is 150 Å². The molecule has 0 aliphatic carbocycles. The van der Waals surface area contributed by atoms with Crippen LogP contribution in [0.3, 0.4) is 0 Å². The molecule has 0 aliphatic heterocycles. The second-order valence-corrected chi connectivity index (χ2v) is 6.20. The number of hydrogen-bond acceptors (Lipinski definition) is 4. The van der Waals surface area contributed by atoms with Gasteiger partial charge in [-0.05, 0) is 28.8 Å². The van der Waals surface area contributed by atoms with Crippen LogP contribution in [-0.4, -0.2) is 37.6 Å². The van der Waals surface area contributed by atoms with E-state index in [9.17, 15) is 0 Å². The first kappa shape index (κ1) is 21.5. The van der Waals surface area contributed by atoms with Gasteiger partial charge in [-0.1, -0.05) is 45.1 Å². The Kier molecular flexibility index (Phi) is 13.1. The van der Waals surface area contributed by atoms with E-state index < -0.39 is 0 Å². The van der Waals surface area contributed by atoms with Gasteiger partial charge < -0.3 is 5.32 Å². The molecule has 0 atom stereocenters. The molecule has 0 aromatic carbocycles. The number of rotatable bonds is 12. The number of hydrogen-bond donors (Lipinski definition) is 1. The van der Waals surface area contributed by atoms with E-state index in [0.29, 0.717) is 11.0 Å². The van der Waals surface area contributed by atoms with Gasteiger partial charge in [0.25, 0.3) is 0 Å². The molecule has 0 heterocycles. The van der Waals surface area contributed by atoms with Crippen LogP contribution in [-0.2, 0) is 0 Å². The summed E-state index contributed by atoms with van der Waals surface area (Å²) in [6.45, 7) is 6.40. The van der Waals surface area contributed by atoms with Crippen LogP contribution in [0.2, 0.25) is 0 Å². The standard InChI is InChI=1S/C18H29BrN4/c1-6-8-9-10-11-12-17(20-4)14-18(21-13-7-2)23(5)22-15-16(3)19/h2,14-15,21H,3,6,8-13H2,1,4-5H3/b18-14-,20-17-,22-15-. The molecule has 0 aromatic heterocycles. The lowest BCUT2D eigenvalue weighted by molar-refractivity contribution is 0.416. The number of unbranched alkanes of at least 4 members (excludes halogenated alkanes) is 4. The van der Waals surface area contributed by atoms with Crippen molar-refractivity contribution in [3.63, 3.8) is 0 Å². The Bertz CT molecular complexity index is 472. The third kappa shape index (κ3) is 11.7. The van der Waals surface area contributed by atoms with Gasteiger partial charge in [-0.25, -0.2) is 0 Å². The maximum absolute atomic E-state index is 5.34. The molecule has 0 rings (SSSR count). The number of aliphatic imine (C=N–C) groups is 1. The van der Waals surface area contributed by atoms with Gasteiger partial charge in [-0.15, -0.1) is 6.42 Å². The number of hydrazone groups is 1. The van der Waals surface area contributed by atoms with Crippen molar-refractivity contribution in [2.75, 3.05) is 20.6 Å². The molecule has 0 amide bonds. The summed E-state index contributed by atoms with van der Waals surface area (Å²) in [6.07, 6.45) is 16.2. The van der Waals surface area contributed by atoms with Crippen LogP contribution in [0.1, 0.15) is 45.4 Å². The minimum atomic E-state index is 0.439. The van der Waals surface area contributed by atoms with Crippen molar-refractivity contribution in [2.45, 2.75) is 45.4 Å². The molecule has 5 heteroatoms. The number of allylic oxidation sites excluding steroid dienone is 2. The lowest BCUT2D eigenvalue weighted by Gasteiger charge is -2.18. The smallest absolute Gasteiger partial charge is 0.124 e. The van der Waals surface area contributed by atoms with Crippen molar-refractivity contribution >= 4 is 27.9 Å². The molecule has 4 nitrogen and oxygen atoms in total. The van der Waals surface area contributed by atoms with E-state index in [1.54, 1.807) is 11.2 Å². The molecular weight excluding hydrogens is 352 g/mol. The van der Waals surface area contributed by atoms with Crippen LogP contribution in [0, 0.1) is 12.3 Å². The highest BCUT2D eigenvalue weighted by Crippen LogP contribution is 2.08. The molecule has 0 spiro atoms. The van der Waals surface area contributed by atoms with Crippen molar-refractivity contribution in [1.82, 2.24) is 10.3 Å². The van der Waals surface area contributed by atoms with Gasteiger partial charge in [0, 0.05) is 30.4 Å². The van der Waals surface area contributed by atoms with Crippen LogP contribution in [0.4, 0.5) is 0 Å². The summed E-state index contributed by atoms with van der Waals surface area (Å²) in [5.41, 5.74) is 1.04. The van der Waals surface area contributed by atoms with E-state index in [1.165, 1.54) is 25.7 Å². The maximum atomic E-state index is 5.34. The third-order valence-electron chi connectivity index (χ3n) is 3.22. The second kappa shape index (κ2) is 14.1. The Hall–Kier alpha value is -1.54. The van der Waals surface area contributed by atoms with E-state index in [4.69, 9.17) is 6.42 Å². The number of halogens is 1. The highest BCUT2D eigenvalue weighted by atomic mass is 79.9. The number of nitrogens with one attached hydrogen (secondary N) is 1.